The summed E-state index contributed by atoms with van der Waals surface area (Å²) in [6.07, 6.45) is 1.84. The van der Waals surface area contributed by atoms with Gasteiger partial charge in [-0.05, 0) is 17.4 Å². The Balaban J connectivity index is 3.63. The summed E-state index contributed by atoms with van der Waals surface area (Å²) in [4.78, 5) is 0. The van der Waals surface area contributed by atoms with Gasteiger partial charge in [-0.3, -0.25) is 0 Å². The minimum Gasteiger partial charge on any atom is -0.305 e. The highest BCUT2D eigenvalue weighted by atomic mass is 127. The largest absolute Gasteiger partial charge is 0.305 e. The van der Waals surface area contributed by atoms with E-state index in [9.17, 15) is 0 Å². The quantitative estimate of drug-likeness (QED) is 0.607. The van der Waals surface area contributed by atoms with Crippen LogP contribution in [0.25, 0.3) is 0 Å². The van der Waals surface area contributed by atoms with Gasteiger partial charge in [-0.2, -0.15) is 0 Å². The van der Waals surface area contributed by atoms with E-state index >= 15 is 0 Å². The molecule has 0 heterocycles. The summed E-state index contributed by atoms with van der Waals surface area (Å²) in [5, 5.41) is 9.26. The first-order chi connectivity index (χ1) is 4.18. The van der Waals surface area contributed by atoms with Gasteiger partial charge in [0.15, 0.2) is 0 Å². The molecule has 0 saturated carbocycles. The normalized spacial score (nSPS) is 11.1. The molecule has 0 aromatic rings. The standard InChI is InChI=1S/C6H10INS/c1-5(2)6(8)3-4-9-7/h3-5,8H,1-2H3/b4-3-,8-6?. The first kappa shape index (κ1) is 9.49. The van der Waals surface area contributed by atoms with Crippen LogP contribution in [0, 0.1) is 11.3 Å². The summed E-state index contributed by atoms with van der Waals surface area (Å²) in [6, 6.07) is 0. The summed E-state index contributed by atoms with van der Waals surface area (Å²) in [5.74, 6) is 0.352. The Morgan fingerprint density at radius 2 is 2.22 bits per heavy atom. The van der Waals surface area contributed by atoms with Crippen LogP contribution in [0.4, 0.5) is 0 Å². The van der Waals surface area contributed by atoms with E-state index in [2.05, 4.69) is 21.2 Å². The summed E-state index contributed by atoms with van der Waals surface area (Å²) >= 11 is 2.18. The van der Waals surface area contributed by atoms with Gasteiger partial charge in [-0.15, -0.1) is 0 Å². The van der Waals surface area contributed by atoms with E-state index < -0.39 is 0 Å². The van der Waals surface area contributed by atoms with E-state index in [0.29, 0.717) is 11.6 Å². The van der Waals surface area contributed by atoms with Crippen LogP contribution in [0.1, 0.15) is 13.8 Å². The molecule has 0 radical (unpaired) electrons. The van der Waals surface area contributed by atoms with Gasteiger partial charge in [0, 0.05) is 26.9 Å². The lowest BCUT2D eigenvalue weighted by molar-refractivity contribution is 0.882. The Morgan fingerprint density at radius 1 is 1.67 bits per heavy atom. The number of nitrogens with one attached hydrogen (secondary N) is 1. The fourth-order valence-corrected chi connectivity index (χ4v) is 0.930. The predicted octanol–water partition coefficient (Wildman–Crippen LogP) is 3.26. The molecule has 0 bridgehead atoms. The van der Waals surface area contributed by atoms with E-state index in [1.54, 1.807) is 8.93 Å². The van der Waals surface area contributed by atoms with Gasteiger partial charge in [-0.25, -0.2) is 0 Å². The number of hydrogen-bond acceptors (Lipinski definition) is 2. The van der Waals surface area contributed by atoms with Crippen LogP contribution in [0.5, 0.6) is 0 Å². The van der Waals surface area contributed by atoms with E-state index in [-0.39, 0.29) is 0 Å². The Bertz CT molecular complexity index is 120. The number of rotatable bonds is 3. The smallest absolute Gasteiger partial charge is 0.0344 e. The fourth-order valence-electron chi connectivity index (χ4n) is 0.291. The molecule has 0 spiro atoms. The van der Waals surface area contributed by atoms with Crippen LogP contribution in [0.3, 0.4) is 0 Å². The SMILES string of the molecule is CC(C)C(=N)/C=C\SI. The predicted molar refractivity (Wildman–Crippen MR) is 53.3 cm³/mol. The van der Waals surface area contributed by atoms with Gasteiger partial charge in [0.2, 0.25) is 0 Å². The molecule has 0 aromatic carbocycles. The van der Waals surface area contributed by atoms with Crippen molar-refractivity contribution in [1.82, 2.24) is 0 Å². The fraction of sp³-hybridized carbons (Fsp3) is 0.500. The van der Waals surface area contributed by atoms with Crippen LogP contribution in [0.15, 0.2) is 11.5 Å². The third-order valence-electron chi connectivity index (χ3n) is 0.921. The molecular formula is C6H10INS. The highest BCUT2D eigenvalue weighted by Gasteiger charge is 1.95. The molecule has 0 aliphatic carbocycles. The summed E-state index contributed by atoms with van der Waals surface area (Å²) in [7, 11) is 1.60. The van der Waals surface area contributed by atoms with Gasteiger partial charge in [-0.1, -0.05) is 22.8 Å². The van der Waals surface area contributed by atoms with E-state index in [1.807, 2.05) is 25.3 Å². The maximum atomic E-state index is 7.34. The average Bonchev–Trinajstić information content (AvgIpc) is 1.82. The zero-order valence-corrected chi connectivity index (χ0v) is 8.49. The molecule has 0 rings (SSSR count). The lowest BCUT2D eigenvalue weighted by Crippen LogP contribution is -2.00. The van der Waals surface area contributed by atoms with Crippen molar-refractivity contribution in [3.63, 3.8) is 0 Å². The lowest BCUT2D eigenvalue weighted by atomic mass is 10.1. The van der Waals surface area contributed by atoms with Crippen LogP contribution in [-0.2, 0) is 0 Å². The minimum atomic E-state index is 0.352. The zero-order valence-electron chi connectivity index (χ0n) is 5.52. The second-order valence-corrected chi connectivity index (χ2v) is 3.98. The molecule has 52 valence electrons. The van der Waals surface area contributed by atoms with Crippen molar-refractivity contribution in [3.05, 3.63) is 11.5 Å². The molecule has 1 nitrogen and oxygen atoms in total. The lowest BCUT2D eigenvalue weighted by Gasteiger charge is -1.98. The van der Waals surface area contributed by atoms with Crippen molar-refractivity contribution in [1.29, 1.82) is 5.41 Å². The average molecular weight is 255 g/mol. The van der Waals surface area contributed by atoms with Crippen LogP contribution >= 0.6 is 30.1 Å². The summed E-state index contributed by atoms with van der Waals surface area (Å²) < 4.78 is 0. The van der Waals surface area contributed by atoms with Crippen LogP contribution in [0.2, 0.25) is 0 Å². The van der Waals surface area contributed by atoms with Crippen molar-refractivity contribution in [2.75, 3.05) is 0 Å². The van der Waals surface area contributed by atoms with E-state index in [1.165, 1.54) is 0 Å². The first-order valence-electron chi connectivity index (χ1n) is 2.71. The summed E-state index contributed by atoms with van der Waals surface area (Å²) in [5.41, 5.74) is 0.694. The highest BCUT2D eigenvalue weighted by Crippen LogP contribution is 2.12. The van der Waals surface area contributed by atoms with E-state index in [0.717, 1.165) is 0 Å². The third-order valence-corrected chi connectivity index (χ3v) is 2.04. The molecule has 0 saturated heterocycles. The molecule has 0 atom stereocenters. The van der Waals surface area contributed by atoms with Gasteiger partial charge in [0.1, 0.15) is 0 Å². The Kier molecular flexibility index (Phi) is 5.58. The monoisotopic (exact) mass is 255 g/mol. The second kappa shape index (κ2) is 5.29. The molecule has 0 aliphatic rings. The van der Waals surface area contributed by atoms with Crippen molar-refractivity contribution < 1.29 is 0 Å². The molecule has 0 fully saturated rings. The van der Waals surface area contributed by atoms with Gasteiger partial charge in [0.05, 0.1) is 0 Å². The minimum absolute atomic E-state index is 0.352. The van der Waals surface area contributed by atoms with Crippen molar-refractivity contribution in [3.8, 4) is 0 Å². The number of allylic oxidation sites excluding steroid dienone is 1. The topological polar surface area (TPSA) is 23.9 Å². The van der Waals surface area contributed by atoms with Gasteiger partial charge >= 0.3 is 0 Å². The maximum Gasteiger partial charge on any atom is 0.0344 e. The maximum absolute atomic E-state index is 7.34. The van der Waals surface area contributed by atoms with Gasteiger partial charge in [0.25, 0.3) is 0 Å². The number of hydrogen-bond donors (Lipinski definition) is 1. The molecule has 0 aromatic heterocycles. The summed E-state index contributed by atoms with van der Waals surface area (Å²) in [6.45, 7) is 4.04. The molecule has 0 unspecified atom stereocenters. The van der Waals surface area contributed by atoms with Crippen molar-refractivity contribution in [2.24, 2.45) is 5.92 Å². The van der Waals surface area contributed by atoms with Crippen LogP contribution < -0.4 is 0 Å². The molecular weight excluding hydrogens is 245 g/mol. The molecule has 9 heavy (non-hydrogen) atoms. The van der Waals surface area contributed by atoms with Crippen molar-refractivity contribution >= 4 is 35.9 Å². The second-order valence-electron chi connectivity index (χ2n) is 2.00. The zero-order chi connectivity index (χ0) is 7.28. The molecule has 1 N–H and O–H groups in total. The highest BCUT2D eigenvalue weighted by molar-refractivity contribution is 14.2. The Labute approximate surface area is 72.4 Å². The van der Waals surface area contributed by atoms with Crippen molar-refractivity contribution in [2.45, 2.75) is 13.8 Å². The third kappa shape index (κ3) is 4.96. The molecule has 0 aliphatic heterocycles. The Morgan fingerprint density at radius 3 is 2.56 bits per heavy atom. The Hall–Kier alpha value is 0.490. The van der Waals surface area contributed by atoms with Gasteiger partial charge < -0.3 is 5.41 Å². The van der Waals surface area contributed by atoms with E-state index in [4.69, 9.17) is 5.41 Å². The number of halogens is 1. The molecule has 3 heteroatoms. The van der Waals surface area contributed by atoms with Crippen LogP contribution in [-0.4, -0.2) is 5.71 Å². The molecule has 0 amide bonds. The first-order valence-corrected chi connectivity index (χ1v) is 6.13.